The van der Waals surface area contributed by atoms with E-state index in [1.54, 1.807) is 13.1 Å². The first-order valence-corrected chi connectivity index (χ1v) is 5.80. The van der Waals surface area contributed by atoms with Crippen molar-refractivity contribution in [1.82, 2.24) is 20.2 Å². The predicted molar refractivity (Wildman–Crippen MR) is 62.8 cm³/mol. The first-order valence-electron chi connectivity index (χ1n) is 5.80. The van der Waals surface area contributed by atoms with Crippen LogP contribution in [0.2, 0.25) is 0 Å². The van der Waals surface area contributed by atoms with E-state index < -0.39 is 11.5 Å². The summed E-state index contributed by atoms with van der Waals surface area (Å²) < 4.78 is 0. The zero-order valence-electron chi connectivity index (χ0n) is 10.1. The van der Waals surface area contributed by atoms with Crippen LogP contribution in [0.15, 0.2) is 12.5 Å². The average Bonchev–Trinajstić information content (AvgIpc) is 2.95. The molecular weight excluding hydrogens is 236 g/mol. The lowest BCUT2D eigenvalue weighted by Crippen LogP contribution is -2.53. The van der Waals surface area contributed by atoms with Gasteiger partial charge in [0.05, 0.1) is 18.6 Å². The van der Waals surface area contributed by atoms with Gasteiger partial charge in [-0.05, 0) is 19.8 Å². The maximum atomic E-state index is 12.0. The van der Waals surface area contributed by atoms with E-state index >= 15 is 0 Å². The monoisotopic (exact) mass is 252 g/mol. The van der Waals surface area contributed by atoms with Gasteiger partial charge < -0.3 is 20.3 Å². The number of carboxylic acid groups (broad SMARTS) is 1. The molecule has 1 aromatic heterocycles. The van der Waals surface area contributed by atoms with E-state index in [1.165, 1.54) is 11.2 Å². The zero-order chi connectivity index (χ0) is 13.2. The molecule has 7 heteroatoms. The third kappa shape index (κ3) is 2.15. The van der Waals surface area contributed by atoms with Crippen molar-refractivity contribution in [3.05, 3.63) is 18.2 Å². The standard InChI is InChI=1S/C11H16N4O3/c1-11(9(16)17)3-2-4-15(11)10(18)13-6-8-5-12-7-14-8/h5,7H,2-4,6H2,1H3,(H,12,14)(H,13,18)(H,16,17). The molecule has 0 radical (unpaired) electrons. The number of carbonyl (C=O) groups is 2. The second-order valence-electron chi connectivity index (χ2n) is 4.57. The summed E-state index contributed by atoms with van der Waals surface area (Å²) in [7, 11) is 0. The molecule has 0 bridgehead atoms. The molecule has 0 saturated carbocycles. The van der Waals surface area contributed by atoms with Gasteiger partial charge in [-0.15, -0.1) is 0 Å². The van der Waals surface area contributed by atoms with Crippen molar-refractivity contribution in [3.63, 3.8) is 0 Å². The van der Waals surface area contributed by atoms with Crippen molar-refractivity contribution in [2.24, 2.45) is 0 Å². The molecule has 18 heavy (non-hydrogen) atoms. The summed E-state index contributed by atoms with van der Waals surface area (Å²) in [5.74, 6) is -0.961. The fraction of sp³-hybridized carbons (Fsp3) is 0.545. The summed E-state index contributed by atoms with van der Waals surface area (Å²) in [6, 6.07) is -0.355. The highest BCUT2D eigenvalue weighted by molar-refractivity contribution is 5.86. The van der Waals surface area contributed by atoms with Gasteiger partial charge in [-0.3, -0.25) is 0 Å². The lowest BCUT2D eigenvalue weighted by Gasteiger charge is -2.31. The smallest absolute Gasteiger partial charge is 0.329 e. The Morgan fingerprint density at radius 3 is 3.06 bits per heavy atom. The molecule has 7 nitrogen and oxygen atoms in total. The number of aliphatic carboxylic acids is 1. The molecule has 1 aliphatic heterocycles. The number of hydrogen-bond donors (Lipinski definition) is 3. The largest absolute Gasteiger partial charge is 0.480 e. The number of aromatic nitrogens is 2. The summed E-state index contributed by atoms with van der Waals surface area (Å²) in [5.41, 5.74) is -0.322. The van der Waals surface area contributed by atoms with Gasteiger partial charge in [-0.2, -0.15) is 0 Å². The highest BCUT2D eigenvalue weighted by Crippen LogP contribution is 2.29. The molecule has 1 unspecified atom stereocenters. The van der Waals surface area contributed by atoms with Crippen LogP contribution in [0.25, 0.3) is 0 Å². The Morgan fingerprint density at radius 1 is 1.67 bits per heavy atom. The quantitative estimate of drug-likeness (QED) is 0.732. The van der Waals surface area contributed by atoms with Gasteiger partial charge in [0.1, 0.15) is 5.54 Å². The summed E-state index contributed by atoms with van der Waals surface area (Å²) >= 11 is 0. The van der Waals surface area contributed by atoms with Crippen LogP contribution < -0.4 is 5.32 Å². The minimum atomic E-state index is -1.10. The van der Waals surface area contributed by atoms with Gasteiger partial charge in [0.15, 0.2) is 0 Å². The minimum absolute atomic E-state index is 0.311. The Morgan fingerprint density at radius 2 is 2.44 bits per heavy atom. The fourth-order valence-electron chi connectivity index (χ4n) is 2.16. The number of nitrogens with one attached hydrogen (secondary N) is 2. The molecule has 2 rings (SSSR count). The number of carboxylic acids is 1. The first-order chi connectivity index (χ1) is 8.54. The van der Waals surface area contributed by atoms with Crippen LogP contribution in [0.1, 0.15) is 25.5 Å². The van der Waals surface area contributed by atoms with Gasteiger partial charge >= 0.3 is 12.0 Å². The summed E-state index contributed by atoms with van der Waals surface area (Å²) in [6.07, 6.45) is 4.33. The number of urea groups is 1. The van der Waals surface area contributed by atoms with Crippen molar-refractivity contribution in [2.45, 2.75) is 31.8 Å². The second kappa shape index (κ2) is 4.67. The van der Waals surface area contributed by atoms with E-state index in [9.17, 15) is 14.7 Å². The van der Waals surface area contributed by atoms with Gasteiger partial charge in [0, 0.05) is 12.7 Å². The Labute approximate surface area is 104 Å². The topological polar surface area (TPSA) is 98.3 Å². The number of amides is 2. The highest BCUT2D eigenvalue weighted by Gasteiger charge is 2.45. The molecule has 2 heterocycles. The molecular formula is C11H16N4O3. The molecule has 0 aromatic carbocycles. The van der Waals surface area contributed by atoms with E-state index in [0.717, 1.165) is 5.69 Å². The van der Waals surface area contributed by atoms with Crippen LogP contribution in [0.5, 0.6) is 0 Å². The molecule has 2 amide bonds. The average molecular weight is 252 g/mol. The van der Waals surface area contributed by atoms with Crippen LogP contribution in [-0.4, -0.2) is 44.1 Å². The Bertz CT molecular complexity index is 445. The number of carbonyl (C=O) groups excluding carboxylic acids is 1. The van der Waals surface area contributed by atoms with Gasteiger partial charge in [-0.25, -0.2) is 14.6 Å². The zero-order valence-corrected chi connectivity index (χ0v) is 10.1. The maximum absolute atomic E-state index is 12.0. The van der Waals surface area contributed by atoms with Gasteiger partial charge in [0.25, 0.3) is 0 Å². The van der Waals surface area contributed by atoms with Crippen LogP contribution in [0.3, 0.4) is 0 Å². The summed E-state index contributed by atoms with van der Waals surface area (Å²) in [4.78, 5) is 31.3. The van der Waals surface area contributed by atoms with Crippen LogP contribution in [0, 0.1) is 0 Å². The van der Waals surface area contributed by atoms with Crippen LogP contribution >= 0.6 is 0 Å². The SMILES string of the molecule is CC1(C(=O)O)CCCN1C(=O)NCc1cnc[nH]1. The number of rotatable bonds is 3. The predicted octanol–water partition coefficient (Wildman–Crippen LogP) is 0.558. The molecule has 98 valence electrons. The van der Waals surface area contributed by atoms with Crippen molar-refractivity contribution >= 4 is 12.0 Å². The Hall–Kier alpha value is -2.05. The van der Waals surface area contributed by atoms with Gasteiger partial charge in [0.2, 0.25) is 0 Å². The lowest BCUT2D eigenvalue weighted by atomic mass is 10.00. The minimum Gasteiger partial charge on any atom is -0.480 e. The van der Waals surface area contributed by atoms with Crippen LogP contribution in [-0.2, 0) is 11.3 Å². The molecule has 1 fully saturated rings. The number of H-pyrrole nitrogens is 1. The molecule has 1 aromatic rings. The van der Waals surface area contributed by atoms with E-state index in [0.29, 0.717) is 25.9 Å². The molecule has 1 saturated heterocycles. The number of aromatic amines is 1. The van der Waals surface area contributed by atoms with Crippen LogP contribution in [0.4, 0.5) is 4.79 Å². The Balaban J connectivity index is 1.98. The first kappa shape index (κ1) is 12.4. The lowest BCUT2D eigenvalue weighted by molar-refractivity contribution is -0.147. The number of nitrogens with zero attached hydrogens (tertiary/aromatic N) is 2. The normalized spacial score (nSPS) is 23.1. The molecule has 1 aliphatic rings. The van der Waals surface area contributed by atoms with E-state index in [4.69, 9.17) is 0 Å². The summed E-state index contributed by atoms with van der Waals surface area (Å²) in [6.45, 7) is 2.36. The van der Waals surface area contributed by atoms with Crippen molar-refractivity contribution in [3.8, 4) is 0 Å². The third-order valence-corrected chi connectivity index (χ3v) is 3.33. The molecule has 0 aliphatic carbocycles. The number of imidazole rings is 1. The maximum Gasteiger partial charge on any atom is 0.329 e. The number of hydrogen-bond acceptors (Lipinski definition) is 3. The molecule has 1 atom stereocenters. The third-order valence-electron chi connectivity index (χ3n) is 3.33. The Kier molecular flexibility index (Phi) is 3.22. The van der Waals surface area contributed by atoms with Crippen molar-refractivity contribution in [1.29, 1.82) is 0 Å². The van der Waals surface area contributed by atoms with Crippen molar-refractivity contribution in [2.75, 3.05) is 6.54 Å². The van der Waals surface area contributed by atoms with E-state index in [2.05, 4.69) is 15.3 Å². The fourth-order valence-corrected chi connectivity index (χ4v) is 2.16. The number of likely N-dealkylation sites (tertiary alicyclic amines) is 1. The van der Waals surface area contributed by atoms with Crippen molar-refractivity contribution < 1.29 is 14.7 Å². The second-order valence-corrected chi connectivity index (χ2v) is 4.57. The molecule has 0 spiro atoms. The van der Waals surface area contributed by atoms with E-state index in [1.807, 2.05) is 0 Å². The molecule has 3 N–H and O–H groups in total. The summed E-state index contributed by atoms with van der Waals surface area (Å²) in [5, 5.41) is 11.9. The highest BCUT2D eigenvalue weighted by atomic mass is 16.4. The van der Waals surface area contributed by atoms with E-state index in [-0.39, 0.29) is 6.03 Å². The van der Waals surface area contributed by atoms with Gasteiger partial charge in [-0.1, -0.05) is 0 Å².